The fourth-order valence-electron chi connectivity index (χ4n) is 1.68. The molecular weight excluding hydrogens is 210 g/mol. The molecule has 92 valence electrons. The lowest BCUT2D eigenvalue weighted by atomic mass is 10.2. The van der Waals surface area contributed by atoms with Crippen LogP contribution in [0.25, 0.3) is 0 Å². The third-order valence-electron chi connectivity index (χ3n) is 2.63. The molecule has 0 spiro atoms. The molecule has 0 bridgehead atoms. The number of nitrogens with one attached hydrogen (secondary N) is 2. The minimum absolute atomic E-state index is 0.378. The topological polar surface area (TPSA) is 81.7 Å². The molecule has 3 N–H and O–H groups in total. The van der Waals surface area contributed by atoms with E-state index in [4.69, 9.17) is 5.11 Å². The number of carbonyl (C=O) groups excluding carboxylic acids is 1. The minimum Gasteiger partial charge on any atom is -0.480 e. The average molecular weight is 229 g/mol. The zero-order valence-corrected chi connectivity index (χ0v) is 9.53. The molecule has 6 heteroatoms. The van der Waals surface area contributed by atoms with Crippen molar-refractivity contribution in [3.8, 4) is 0 Å². The van der Waals surface area contributed by atoms with Crippen molar-refractivity contribution in [1.82, 2.24) is 15.8 Å². The van der Waals surface area contributed by atoms with E-state index >= 15 is 0 Å². The number of aliphatic carboxylic acids is 1. The van der Waals surface area contributed by atoms with Gasteiger partial charge in [-0.1, -0.05) is 13.3 Å². The van der Waals surface area contributed by atoms with Crippen LogP contribution in [0.3, 0.4) is 0 Å². The molecule has 0 radical (unpaired) electrons. The van der Waals surface area contributed by atoms with Gasteiger partial charge in [-0.15, -0.1) is 0 Å². The molecule has 0 aromatic carbocycles. The van der Waals surface area contributed by atoms with Gasteiger partial charge in [0.15, 0.2) is 0 Å². The Hall–Kier alpha value is -1.30. The van der Waals surface area contributed by atoms with Crippen LogP contribution in [-0.2, 0) is 4.79 Å². The Morgan fingerprint density at radius 1 is 1.31 bits per heavy atom. The highest BCUT2D eigenvalue weighted by Crippen LogP contribution is 2.05. The predicted molar refractivity (Wildman–Crippen MR) is 58.8 cm³/mol. The van der Waals surface area contributed by atoms with Crippen LogP contribution in [0.4, 0.5) is 4.79 Å². The molecule has 0 unspecified atom stereocenters. The summed E-state index contributed by atoms with van der Waals surface area (Å²) in [5, 5.41) is 13.0. The van der Waals surface area contributed by atoms with Crippen LogP contribution in [0, 0.1) is 0 Å². The molecule has 0 saturated carbocycles. The second-order valence-electron chi connectivity index (χ2n) is 3.93. The number of hydrazine groups is 1. The van der Waals surface area contributed by atoms with E-state index in [0.717, 1.165) is 25.9 Å². The van der Waals surface area contributed by atoms with Crippen LogP contribution in [-0.4, -0.2) is 41.2 Å². The van der Waals surface area contributed by atoms with Crippen LogP contribution in [0.1, 0.15) is 32.6 Å². The lowest BCUT2D eigenvalue weighted by Crippen LogP contribution is -2.53. The van der Waals surface area contributed by atoms with E-state index < -0.39 is 18.0 Å². The molecule has 1 fully saturated rings. The number of amides is 2. The first-order valence-corrected chi connectivity index (χ1v) is 5.68. The SMILES string of the molecule is CC[C@@H](NC(=O)NN1CCCCC1)C(=O)O. The fourth-order valence-corrected chi connectivity index (χ4v) is 1.68. The maximum atomic E-state index is 11.5. The Labute approximate surface area is 95.0 Å². The second kappa shape index (κ2) is 6.32. The van der Waals surface area contributed by atoms with Gasteiger partial charge in [-0.25, -0.2) is 14.6 Å². The van der Waals surface area contributed by atoms with E-state index in [1.54, 1.807) is 6.92 Å². The van der Waals surface area contributed by atoms with Crippen LogP contribution in [0.5, 0.6) is 0 Å². The van der Waals surface area contributed by atoms with Crippen molar-refractivity contribution in [3.05, 3.63) is 0 Å². The maximum absolute atomic E-state index is 11.5. The van der Waals surface area contributed by atoms with Crippen molar-refractivity contribution in [3.63, 3.8) is 0 Å². The van der Waals surface area contributed by atoms with Gasteiger partial charge in [-0.3, -0.25) is 5.43 Å². The highest BCUT2D eigenvalue weighted by molar-refractivity contribution is 5.82. The minimum atomic E-state index is -1.00. The van der Waals surface area contributed by atoms with Crippen molar-refractivity contribution in [2.24, 2.45) is 0 Å². The van der Waals surface area contributed by atoms with Crippen LogP contribution < -0.4 is 10.7 Å². The van der Waals surface area contributed by atoms with Gasteiger partial charge in [-0.05, 0) is 19.3 Å². The van der Waals surface area contributed by atoms with Gasteiger partial charge in [0, 0.05) is 13.1 Å². The first-order chi connectivity index (χ1) is 7.63. The van der Waals surface area contributed by atoms with E-state index in [-0.39, 0.29) is 0 Å². The van der Waals surface area contributed by atoms with Gasteiger partial charge >= 0.3 is 12.0 Å². The van der Waals surface area contributed by atoms with Crippen molar-refractivity contribution >= 4 is 12.0 Å². The number of carboxylic acids is 1. The van der Waals surface area contributed by atoms with Gasteiger partial charge in [0.05, 0.1) is 0 Å². The van der Waals surface area contributed by atoms with Crippen LogP contribution in [0.2, 0.25) is 0 Å². The lowest BCUT2D eigenvalue weighted by molar-refractivity contribution is -0.139. The Kier molecular flexibility index (Phi) is 5.04. The fraction of sp³-hybridized carbons (Fsp3) is 0.800. The van der Waals surface area contributed by atoms with E-state index in [9.17, 15) is 9.59 Å². The standard InChI is InChI=1S/C10H19N3O3/c1-2-8(9(14)15)11-10(16)12-13-6-4-3-5-7-13/h8H,2-7H2,1H3,(H,14,15)(H2,11,12,16)/t8-/m1/s1. The monoisotopic (exact) mass is 229 g/mol. The summed E-state index contributed by atoms with van der Waals surface area (Å²) in [5.41, 5.74) is 2.66. The summed E-state index contributed by atoms with van der Waals surface area (Å²) in [6.07, 6.45) is 3.70. The number of nitrogens with zero attached hydrogens (tertiary/aromatic N) is 1. The third kappa shape index (κ3) is 4.06. The zero-order valence-electron chi connectivity index (χ0n) is 9.53. The highest BCUT2D eigenvalue weighted by atomic mass is 16.4. The van der Waals surface area contributed by atoms with Crippen molar-refractivity contribution in [2.45, 2.75) is 38.6 Å². The van der Waals surface area contributed by atoms with Crippen LogP contribution >= 0.6 is 0 Å². The number of hydrogen-bond acceptors (Lipinski definition) is 3. The third-order valence-corrected chi connectivity index (χ3v) is 2.63. The predicted octanol–water partition coefficient (Wildman–Crippen LogP) is 0.550. The van der Waals surface area contributed by atoms with Gasteiger partial charge in [0.25, 0.3) is 0 Å². The summed E-state index contributed by atoms with van der Waals surface area (Å²) in [5.74, 6) is -1.00. The molecule has 1 rings (SSSR count). The molecule has 1 aliphatic rings. The smallest absolute Gasteiger partial charge is 0.330 e. The number of rotatable bonds is 4. The van der Waals surface area contributed by atoms with Crippen molar-refractivity contribution in [2.75, 3.05) is 13.1 Å². The first-order valence-electron chi connectivity index (χ1n) is 5.68. The number of urea groups is 1. The Morgan fingerprint density at radius 2 is 1.94 bits per heavy atom. The van der Waals surface area contributed by atoms with Crippen molar-refractivity contribution < 1.29 is 14.7 Å². The molecule has 1 heterocycles. The zero-order chi connectivity index (χ0) is 12.0. The van der Waals surface area contributed by atoms with E-state index in [1.807, 2.05) is 5.01 Å². The van der Waals surface area contributed by atoms with Crippen molar-refractivity contribution in [1.29, 1.82) is 0 Å². The Balaban J connectivity index is 2.31. The van der Waals surface area contributed by atoms with Gasteiger partial charge in [-0.2, -0.15) is 0 Å². The average Bonchev–Trinajstić information content (AvgIpc) is 2.27. The summed E-state index contributed by atoms with van der Waals surface area (Å²) in [6.45, 7) is 3.38. The molecule has 0 aliphatic carbocycles. The molecule has 2 amide bonds. The largest absolute Gasteiger partial charge is 0.480 e. The molecule has 1 aliphatic heterocycles. The summed E-state index contributed by atoms with van der Waals surface area (Å²) in [7, 11) is 0. The van der Waals surface area contributed by atoms with E-state index in [2.05, 4.69) is 10.7 Å². The number of carbonyl (C=O) groups is 2. The van der Waals surface area contributed by atoms with E-state index in [0.29, 0.717) is 6.42 Å². The molecule has 6 nitrogen and oxygen atoms in total. The normalized spacial score (nSPS) is 18.8. The summed E-state index contributed by atoms with van der Waals surface area (Å²) < 4.78 is 0. The van der Waals surface area contributed by atoms with Gasteiger partial charge < -0.3 is 10.4 Å². The molecular formula is C10H19N3O3. The Bertz CT molecular complexity index is 252. The first kappa shape index (κ1) is 12.8. The number of carboxylic acid groups (broad SMARTS) is 1. The molecule has 0 aromatic heterocycles. The second-order valence-corrected chi connectivity index (χ2v) is 3.93. The number of piperidine rings is 1. The summed E-state index contributed by atoms with van der Waals surface area (Å²) in [6, 6.07) is -1.25. The molecule has 16 heavy (non-hydrogen) atoms. The summed E-state index contributed by atoms with van der Waals surface area (Å²) in [4.78, 5) is 22.2. The van der Waals surface area contributed by atoms with Gasteiger partial charge in [0.1, 0.15) is 6.04 Å². The summed E-state index contributed by atoms with van der Waals surface area (Å²) >= 11 is 0. The Morgan fingerprint density at radius 3 is 2.44 bits per heavy atom. The van der Waals surface area contributed by atoms with Gasteiger partial charge in [0.2, 0.25) is 0 Å². The number of hydrogen-bond donors (Lipinski definition) is 3. The molecule has 1 saturated heterocycles. The lowest BCUT2D eigenvalue weighted by Gasteiger charge is -2.27. The van der Waals surface area contributed by atoms with Crippen LogP contribution in [0.15, 0.2) is 0 Å². The molecule has 1 atom stereocenters. The quantitative estimate of drug-likeness (QED) is 0.657. The van der Waals surface area contributed by atoms with E-state index in [1.165, 1.54) is 6.42 Å². The molecule has 0 aromatic rings. The maximum Gasteiger partial charge on any atom is 0.330 e. The highest BCUT2D eigenvalue weighted by Gasteiger charge is 2.19.